The largest absolute Gasteiger partial charge is 0.318 e. The van der Waals surface area contributed by atoms with E-state index in [0.717, 1.165) is 22.6 Å². The van der Waals surface area contributed by atoms with Crippen LogP contribution in [-0.4, -0.2) is 0 Å². The summed E-state index contributed by atoms with van der Waals surface area (Å²) < 4.78 is 0. The van der Waals surface area contributed by atoms with Gasteiger partial charge < -0.3 is 5.73 Å². The highest BCUT2D eigenvalue weighted by Crippen LogP contribution is 2.34. The van der Waals surface area contributed by atoms with Crippen molar-refractivity contribution in [2.45, 2.75) is 18.9 Å². The minimum atomic E-state index is -0.514. The van der Waals surface area contributed by atoms with E-state index in [4.69, 9.17) is 17.3 Å². The smallest absolute Gasteiger partial charge is 0.0677 e. The van der Waals surface area contributed by atoms with Gasteiger partial charge in [-0.1, -0.05) is 67.1 Å². The molecule has 0 saturated heterocycles. The van der Waals surface area contributed by atoms with Crippen molar-refractivity contribution >= 4 is 11.6 Å². The molecule has 2 N–H and O–H groups in total. The van der Waals surface area contributed by atoms with Gasteiger partial charge in [0.2, 0.25) is 0 Å². The minimum Gasteiger partial charge on any atom is -0.318 e. The van der Waals surface area contributed by atoms with Crippen molar-refractivity contribution in [2.75, 3.05) is 0 Å². The summed E-state index contributed by atoms with van der Waals surface area (Å²) in [6.45, 7) is 2.08. The van der Waals surface area contributed by atoms with Gasteiger partial charge in [-0.3, -0.25) is 0 Å². The SMILES string of the molecule is CCC(N)(c1ccccc1)c1ccccc1Cl. The van der Waals surface area contributed by atoms with Crippen LogP contribution in [0.5, 0.6) is 0 Å². The third-order valence-electron chi connectivity index (χ3n) is 3.20. The maximum absolute atomic E-state index is 6.56. The van der Waals surface area contributed by atoms with Gasteiger partial charge in [0.1, 0.15) is 0 Å². The van der Waals surface area contributed by atoms with Crippen molar-refractivity contribution in [1.29, 1.82) is 0 Å². The van der Waals surface area contributed by atoms with E-state index in [1.165, 1.54) is 0 Å². The average Bonchev–Trinajstić information content (AvgIpc) is 2.39. The third kappa shape index (κ3) is 2.21. The monoisotopic (exact) mass is 245 g/mol. The average molecular weight is 246 g/mol. The second-order valence-electron chi connectivity index (χ2n) is 4.17. The first-order chi connectivity index (χ1) is 8.18. The highest BCUT2D eigenvalue weighted by Gasteiger charge is 2.29. The summed E-state index contributed by atoms with van der Waals surface area (Å²) in [5.74, 6) is 0. The van der Waals surface area contributed by atoms with E-state index >= 15 is 0 Å². The molecule has 0 bridgehead atoms. The summed E-state index contributed by atoms with van der Waals surface area (Å²) in [4.78, 5) is 0. The lowest BCUT2D eigenvalue weighted by Crippen LogP contribution is -2.37. The van der Waals surface area contributed by atoms with E-state index in [1.54, 1.807) is 0 Å². The number of hydrogen-bond donors (Lipinski definition) is 1. The first kappa shape index (κ1) is 12.2. The molecule has 88 valence electrons. The van der Waals surface area contributed by atoms with Gasteiger partial charge >= 0.3 is 0 Å². The molecule has 0 amide bonds. The molecule has 17 heavy (non-hydrogen) atoms. The lowest BCUT2D eigenvalue weighted by Gasteiger charge is -2.30. The normalized spacial score (nSPS) is 14.3. The summed E-state index contributed by atoms with van der Waals surface area (Å²) in [7, 11) is 0. The van der Waals surface area contributed by atoms with Crippen LogP contribution in [0.2, 0.25) is 5.02 Å². The van der Waals surface area contributed by atoms with Gasteiger partial charge in [-0.15, -0.1) is 0 Å². The predicted octanol–water partition coefficient (Wildman–Crippen LogP) is 3.95. The first-order valence-electron chi connectivity index (χ1n) is 5.78. The molecule has 0 saturated carbocycles. The predicted molar refractivity (Wildman–Crippen MR) is 73.2 cm³/mol. The van der Waals surface area contributed by atoms with Crippen molar-refractivity contribution < 1.29 is 0 Å². The van der Waals surface area contributed by atoms with Crippen molar-refractivity contribution in [1.82, 2.24) is 0 Å². The Balaban J connectivity index is 2.56. The molecule has 2 aromatic carbocycles. The molecular formula is C15H16ClN. The zero-order valence-corrected chi connectivity index (χ0v) is 10.6. The fraction of sp³-hybridized carbons (Fsp3) is 0.200. The van der Waals surface area contributed by atoms with Crippen molar-refractivity contribution in [3.63, 3.8) is 0 Å². The van der Waals surface area contributed by atoms with Crippen LogP contribution in [0, 0.1) is 0 Å². The van der Waals surface area contributed by atoms with Gasteiger partial charge in [-0.25, -0.2) is 0 Å². The standard InChI is InChI=1S/C15H16ClN/c1-2-15(17,12-8-4-3-5-9-12)13-10-6-7-11-14(13)16/h3-11H,2,17H2,1H3. The summed E-state index contributed by atoms with van der Waals surface area (Å²) in [5, 5.41) is 0.723. The van der Waals surface area contributed by atoms with E-state index in [-0.39, 0.29) is 0 Å². The highest BCUT2D eigenvalue weighted by molar-refractivity contribution is 6.31. The van der Waals surface area contributed by atoms with Gasteiger partial charge in [0.15, 0.2) is 0 Å². The fourth-order valence-corrected chi connectivity index (χ4v) is 2.41. The van der Waals surface area contributed by atoms with Crippen LogP contribution in [0.1, 0.15) is 24.5 Å². The van der Waals surface area contributed by atoms with E-state index in [1.807, 2.05) is 54.6 Å². The zero-order chi connectivity index (χ0) is 12.3. The second-order valence-corrected chi connectivity index (χ2v) is 4.58. The van der Waals surface area contributed by atoms with Crippen LogP contribution in [0.15, 0.2) is 54.6 Å². The molecule has 0 spiro atoms. The van der Waals surface area contributed by atoms with Crippen molar-refractivity contribution in [2.24, 2.45) is 5.73 Å². The Morgan fingerprint density at radius 1 is 1.00 bits per heavy atom. The van der Waals surface area contributed by atoms with Gasteiger partial charge in [0.25, 0.3) is 0 Å². The van der Waals surface area contributed by atoms with Gasteiger partial charge in [-0.05, 0) is 23.6 Å². The van der Waals surface area contributed by atoms with Crippen LogP contribution < -0.4 is 5.73 Å². The molecule has 2 aromatic rings. The molecule has 0 radical (unpaired) electrons. The van der Waals surface area contributed by atoms with Gasteiger partial charge in [0.05, 0.1) is 5.54 Å². The highest BCUT2D eigenvalue weighted by atomic mass is 35.5. The Labute approximate surface area is 107 Å². The molecule has 1 atom stereocenters. The lowest BCUT2D eigenvalue weighted by molar-refractivity contribution is 0.519. The van der Waals surface area contributed by atoms with Crippen molar-refractivity contribution in [3.05, 3.63) is 70.7 Å². The molecule has 0 aliphatic rings. The Bertz CT molecular complexity index is 495. The topological polar surface area (TPSA) is 26.0 Å². The second kappa shape index (κ2) is 4.91. The minimum absolute atomic E-state index is 0.514. The van der Waals surface area contributed by atoms with E-state index in [9.17, 15) is 0 Å². The maximum atomic E-state index is 6.56. The fourth-order valence-electron chi connectivity index (χ4n) is 2.11. The summed E-state index contributed by atoms with van der Waals surface area (Å²) >= 11 is 6.26. The number of rotatable bonds is 3. The van der Waals surface area contributed by atoms with Gasteiger partial charge in [-0.2, -0.15) is 0 Å². The molecule has 0 fully saturated rings. The number of nitrogens with two attached hydrogens (primary N) is 1. The zero-order valence-electron chi connectivity index (χ0n) is 9.86. The van der Waals surface area contributed by atoms with Crippen LogP contribution in [0.3, 0.4) is 0 Å². The molecule has 2 heteroatoms. The van der Waals surface area contributed by atoms with E-state index in [0.29, 0.717) is 0 Å². The molecule has 1 unspecified atom stereocenters. The Kier molecular flexibility index (Phi) is 3.51. The summed E-state index contributed by atoms with van der Waals surface area (Å²) in [6, 6.07) is 17.9. The maximum Gasteiger partial charge on any atom is 0.0677 e. The molecule has 0 aliphatic carbocycles. The summed E-state index contributed by atoms with van der Waals surface area (Å²) in [6.07, 6.45) is 0.806. The number of benzene rings is 2. The van der Waals surface area contributed by atoms with Crippen LogP contribution in [-0.2, 0) is 5.54 Å². The Morgan fingerprint density at radius 2 is 1.59 bits per heavy atom. The van der Waals surface area contributed by atoms with Crippen molar-refractivity contribution in [3.8, 4) is 0 Å². The first-order valence-corrected chi connectivity index (χ1v) is 6.15. The molecule has 1 nitrogen and oxygen atoms in total. The van der Waals surface area contributed by atoms with E-state index < -0.39 is 5.54 Å². The molecule has 0 aromatic heterocycles. The van der Waals surface area contributed by atoms with Crippen LogP contribution >= 0.6 is 11.6 Å². The molecule has 0 aliphatic heterocycles. The third-order valence-corrected chi connectivity index (χ3v) is 3.53. The molecule has 2 rings (SSSR count). The van der Waals surface area contributed by atoms with Crippen LogP contribution in [0.4, 0.5) is 0 Å². The Morgan fingerprint density at radius 3 is 2.18 bits per heavy atom. The lowest BCUT2D eigenvalue weighted by atomic mass is 9.81. The molecule has 0 heterocycles. The molecular weight excluding hydrogens is 230 g/mol. The van der Waals surface area contributed by atoms with Crippen LogP contribution in [0.25, 0.3) is 0 Å². The number of hydrogen-bond acceptors (Lipinski definition) is 1. The van der Waals surface area contributed by atoms with E-state index in [2.05, 4.69) is 6.92 Å². The summed E-state index contributed by atoms with van der Waals surface area (Å²) in [5.41, 5.74) is 8.12. The Hall–Kier alpha value is -1.31. The van der Waals surface area contributed by atoms with Gasteiger partial charge in [0, 0.05) is 5.02 Å². The number of halogens is 1. The quantitative estimate of drug-likeness (QED) is 0.871.